The van der Waals surface area contributed by atoms with Crippen LogP contribution in [0.2, 0.25) is 0 Å². The Hall–Kier alpha value is -0.780. The molecule has 3 nitrogen and oxygen atoms in total. The van der Waals surface area contributed by atoms with Crippen LogP contribution in [0.25, 0.3) is 0 Å². The normalized spacial score (nSPS) is 15.2. The molecule has 1 saturated carbocycles. The van der Waals surface area contributed by atoms with E-state index in [9.17, 15) is 4.79 Å². The molecule has 1 aliphatic rings. The first kappa shape index (κ1) is 9.76. The number of amides is 1. The van der Waals surface area contributed by atoms with Crippen molar-refractivity contribution in [1.82, 2.24) is 5.32 Å². The van der Waals surface area contributed by atoms with Gasteiger partial charge in [0.1, 0.15) is 0 Å². The van der Waals surface area contributed by atoms with E-state index >= 15 is 0 Å². The fourth-order valence-corrected chi connectivity index (χ4v) is 1.71. The molecule has 74 valence electrons. The van der Waals surface area contributed by atoms with Crippen LogP contribution in [0, 0.1) is 3.57 Å². The number of hydrogen-bond acceptors (Lipinski definition) is 2. The standard InChI is InChI=1S/C10H11IN2O/c11-6-1-4-9(12)8(5-6)10(14)13-7-2-3-7/h1,4-5,7H,2-3,12H2,(H,13,14). The average Bonchev–Trinajstić information content (AvgIpc) is 2.93. The van der Waals surface area contributed by atoms with Gasteiger partial charge in [0.15, 0.2) is 0 Å². The number of nitrogen functional groups attached to an aromatic ring is 1. The molecule has 0 bridgehead atoms. The van der Waals surface area contributed by atoms with Gasteiger partial charge < -0.3 is 11.1 Å². The Kier molecular flexibility index (Phi) is 2.62. The maximum absolute atomic E-state index is 11.7. The lowest BCUT2D eigenvalue weighted by atomic mass is 10.1. The number of nitrogens with two attached hydrogens (primary N) is 1. The first-order valence-electron chi connectivity index (χ1n) is 4.52. The van der Waals surface area contributed by atoms with Gasteiger partial charge in [0.05, 0.1) is 5.56 Å². The van der Waals surface area contributed by atoms with Crippen molar-refractivity contribution in [3.8, 4) is 0 Å². The van der Waals surface area contributed by atoms with Crippen molar-refractivity contribution in [3.63, 3.8) is 0 Å². The predicted molar refractivity (Wildman–Crippen MR) is 64.1 cm³/mol. The highest BCUT2D eigenvalue weighted by Gasteiger charge is 2.24. The van der Waals surface area contributed by atoms with Gasteiger partial charge in [-0.1, -0.05) is 0 Å². The second kappa shape index (κ2) is 3.76. The number of anilines is 1. The lowest BCUT2D eigenvalue weighted by molar-refractivity contribution is 0.0952. The van der Waals surface area contributed by atoms with E-state index < -0.39 is 0 Å². The topological polar surface area (TPSA) is 55.1 Å². The summed E-state index contributed by atoms with van der Waals surface area (Å²) in [6.07, 6.45) is 2.19. The van der Waals surface area contributed by atoms with Crippen molar-refractivity contribution >= 4 is 34.2 Å². The molecule has 0 heterocycles. The first-order valence-corrected chi connectivity index (χ1v) is 5.60. The van der Waals surface area contributed by atoms with Crippen LogP contribution in [-0.4, -0.2) is 11.9 Å². The Labute approximate surface area is 96.2 Å². The van der Waals surface area contributed by atoms with E-state index in [1.165, 1.54) is 0 Å². The summed E-state index contributed by atoms with van der Waals surface area (Å²) in [5, 5.41) is 2.92. The van der Waals surface area contributed by atoms with Gasteiger partial charge in [-0.15, -0.1) is 0 Å². The lowest BCUT2D eigenvalue weighted by Gasteiger charge is -2.06. The molecule has 0 radical (unpaired) electrons. The molecule has 0 aromatic heterocycles. The fourth-order valence-electron chi connectivity index (χ4n) is 1.22. The van der Waals surface area contributed by atoms with Crippen LogP contribution >= 0.6 is 22.6 Å². The third-order valence-corrected chi connectivity index (χ3v) is 2.84. The third kappa shape index (κ3) is 2.17. The SMILES string of the molecule is Nc1ccc(I)cc1C(=O)NC1CC1. The summed E-state index contributed by atoms with van der Waals surface area (Å²) >= 11 is 2.17. The Morgan fingerprint density at radius 3 is 2.86 bits per heavy atom. The molecular weight excluding hydrogens is 291 g/mol. The molecule has 14 heavy (non-hydrogen) atoms. The largest absolute Gasteiger partial charge is 0.398 e. The van der Waals surface area contributed by atoms with Gasteiger partial charge in [0.25, 0.3) is 5.91 Å². The fraction of sp³-hybridized carbons (Fsp3) is 0.300. The van der Waals surface area contributed by atoms with Crippen LogP contribution in [0.15, 0.2) is 18.2 Å². The third-order valence-electron chi connectivity index (χ3n) is 2.17. The van der Waals surface area contributed by atoms with Gasteiger partial charge in [-0.05, 0) is 53.6 Å². The zero-order chi connectivity index (χ0) is 10.1. The molecular formula is C10H11IN2O. The number of halogens is 1. The highest BCUT2D eigenvalue weighted by molar-refractivity contribution is 14.1. The van der Waals surface area contributed by atoms with Crippen molar-refractivity contribution in [1.29, 1.82) is 0 Å². The number of carbonyl (C=O) groups is 1. The minimum absolute atomic E-state index is 0.0523. The van der Waals surface area contributed by atoms with Gasteiger partial charge in [0, 0.05) is 15.3 Å². The molecule has 1 fully saturated rings. The smallest absolute Gasteiger partial charge is 0.253 e. The van der Waals surface area contributed by atoms with Gasteiger partial charge in [-0.3, -0.25) is 4.79 Å². The number of rotatable bonds is 2. The average molecular weight is 302 g/mol. The van der Waals surface area contributed by atoms with Crippen LogP contribution < -0.4 is 11.1 Å². The second-order valence-corrected chi connectivity index (χ2v) is 4.72. The van der Waals surface area contributed by atoms with E-state index in [-0.39, 0.29) is 5.91 Å². The summed E-state index contributed by atoms with van der Waals surface area (Å²) in [5.41, 5.74) is 6.85. The first-order chi connectivity index (χ1) is 6.66. The molecule has 0 saturated heterocycles. The van der Waals surface area contributed by atoms with E-state index in [2.05, 4.69) is 27.9 Å². The minimum atomic E-state index is -0.0523. The number of benzene rings is 1. The molecule has 0 aliphatic heterocycles. The molecule has 4 heteroatoms. The molecule has 0 spiro atoms. The van der Waals surface area contributed by atoms with Gasteiger partial charge >= 0.3 is 0 Å². The summed E-state index contributed by atoms with van der Waals surface area (Å²) in [6, 6.07) is 5.85. The van der Waals surface area contributed by atoms with Crippen LogP contribution in [0.5, 0.6) is 0 Å². The number of hydrogen-bond donors (Lipinski definition) is 2. The molecule has 1 aromatic rings. The number of nitrogens with one attached hydrogen (secondary N) is 1. The van der Waals surface area contributed by atoms with Crippen molar-refractivity contribution in [2.24, 2.45) is 0 Å². The Morgan fingerprint density at radius 1 is 1.50 bits per heavy atom. The molecule has 3 N–H and O–H groups in total. The van der Waals surface area contributed by atoms with E-state index in [0.717, 1.165) is 16.4 Å². The summed E-state index contributed by atoms with van der Waals surface area (Å²) in [7, 11) is 0. The van der Waals surface area contributed by atoms with Crippen LogP contribution in [-0.2, 0) is 0 Å². The van der Waals surface area contributed by atoms with Crippen molar-refractivity contribution < 1.29 is 4.79 Å². The van der Waals surface area contributed by atoms with Gasteiger partial charge in [-0.25, -0.2) is 0 Å². The quantitative estimate of drug-likeness (QED) is 0.646. The summed E-state index contributed by atoms with van der Waals surface area (Å²) < 4.78 is 1.03. The summed E-state index contributed by atoms with van der Waals surface area (Å²) in [5.74, 6) is -0.0523. The molecule has 1 amide bonds. The summed E-state index contributed by atoms with van der Waals surface area (Å²) in [6.45, 7) is 0. The molecule has 2 rings (SSSR count). The van der Waals surface area contributed by atoms with E-state index in [4.69, 9.17) is 5.73 Å². The van der Waals surface area contributed by atoms with Crippen LogP contribution in [0.3, 0.4) is 0 Å². The van der Waals surface area contributed by atoms with Gasteiger partial charge in [0.2, 0.25) is 0 Å². The van der Waals surface area contributed by atoms with Crippen molar-refractivity contribution in [2.75, 3.05) is 5.73 Å². The molecule has 1 aromatic carbocycles. The van der Waals surface area contributed by atoms with Crippen molar-refractivity contribution in [2.45, 2.75) is 18.9 Å². The Bertz CT molecular complexity index is 374. The maximum atomic E-state index is 11.7. The summed E-state index contributed by atoms with van der Waals surface area (Å²) in [4.78, 5) is 11.7. The Balaban J connectivity index is 2.20. The molecule has 1 aliphatic carbocycles. The zero-order valence-corrected chi connectivity index (χ0v) is 9.74. The zero-order valence-electron chi connectivity index (χ0n) is 7.59. The minimum Gasteiger partial charge on any atom is -0.398 e. The van der Waals surface area contributed by atoms with E-state index in [0.29, 0.717) is 17.3 Å². The van der Waals surface area contributed by atoms with Crippen molar-refractivity contribution in [3.05, 3.63) is 27.3 Å². The number of carbonyl (C=O) groups excluding carboxylic acids is 1. The Morgan fingerprint density at radius 2 is 2.21 bits per heavy atom. The van der Waals surface area contributed by atoms with Crippen LogP contribution in [0.1, 0.15) is 23.2 Å². The van der Waals surface area contributed by atoms with E-state index in [1.54, 1.807) is 6.07 Å². The van der Waals surface area contributed by atoms with E-state index in [1.807, 2.05) is 12.1 Å². The monoisotopic (exact) mass is 302 g/mol. The molecule has 0 atom stereocenters. The van der Waals surface area contributed by atoms with Gasteiger partial charge in [-0.2, -0.15) is 0 Å². The highest BCUT2D eigenvalue weighted by atomic mass is 127. The molecule has 0 unspecified atom stereocenters. The maximum Gasteiger partial charge on any atom is 0.253 e. The lowest BCUT2D eigenvalue weighted by Crippen LogP contribution is -2.26. The second-order valence-electron chi connectivity index (χ2n) is 3.48. The highest BCUT2D eigenvalue weighted by Crippen LogP contribution is 2.21. The van der Waals surface area contributed by atoms with Crippen LogP contribution in [0.4, 0.5) is 5.69 Å². The predicted octanol–water partition coefficient (Wildman–Crippen LogP) is 1.77.